The molecule has 1 N–H and O–H groups in total. The largest absolute Gasteiger partial charge is 0.756 e. The number of quaternary nitrogens is 1. The monoisotopic (exact) mass is 1100 g/mol. The third-order valence-corrected chi connectivity index (χ3v) is 15.1. The Morgan fingerprint density at radius 2 is 0.792 bits per heavy atom. The van der Waals surface area contributed by atoms with Gasteiger partial charge in [-0.25, -0.2) is 0 Å². The van der Waals surface area contributed by atoms with Crippen LogP contribution in [0.4, 0.5) is 0 Å². The smallest absolute Gasteiger partial charge is 0.306 e. The Labute approximate surface area is 476 Å². The Kier molecular flexibility index (Phi) is 54.8. The average Bonchev–Trinajstić information content (AvgIpc) is 3.39. The molecule has 77 heavy (non-hydrogen) atoms. The second-order valence-corrected chi connectivity index (χ2v) is 24.3. The molecule has 3 atom stereocenters. The van der Waals surface area contributed by atoms with E-state index < -0.39 is 26.6 Å². The first-order chi connectivity index (χ1) is 37.4. The van der Waals surface area contributed by atoms with Crippen molar-refractivity contribution in [2.45, 2.75) is 303 Å². The van der Waals surface area contributed by atoms with Crippen LogP contribution in [0.1, 0.15) is 290 Å². The van der Waals surface area contributed by atoms with Crippen LogP contribution in [-0.4, -0.2) is 69.4 Å². The first-order valence-electron chi connectivity index (χ1n) is 32.2. The highest BCUT2D eigenvalue weighted by Gasteiger charge is 2.27. The lowest BCUT2D eigenvalue weighted by atomic mass is 10.1. The summed E-state index contributed by atoms with van der Waals surface area (Å²) < 4.78 is 30.3. The third-order valence-electron chi connectivity index (χ3n) is 14.1. The van der Waals surface area contributed by atoms with Crippen molar-refractivity contribution in [1.82, 2.24) is 5.32 Å². The standard InChI is InChI=1S/C67H123N2O7P/c1-7-10-13-16-19-22-25-27-29-31-32-33-34-35-36-38-39-41-44-47-50-53-56-59-66(70)68-64(63-75-77(72,73)74-62-61-69(4,5)6)65(58-55-52-49-46-43-24-21-18-15-12-9-3)76-67(71)60-57-54-51-48-45-42-40-37-30-28-26-23-20-17-14-11-8-2/h19,22,27-30,32-33,35-36,55,58,64-65H,7-18,20-21,23-26,31,34,37-54,56-57,59-63H2,1-6H3,(H-,68,70,72,73)/b22-19-,29-27-,30-28+,33-32-,36-35-,58-55-. The molecule has 3 unspecified atom stereocenters. The number of esters is 1. The predicted molar refractivity (Wildman–Crippen MR) is 330 cm³/mol. The third kappa shape index (κ3) is 57.9. The number of carbonyl (C=O) groups excluding carboxylic acids is 2. The van der Waals surface area contributed by atoms with Crippen molar-refractivity contribution >= 4 is 19.7 Å². The number of ether oxygens (including phenoxy) is 1. The molecule has 10 heteroatoms. The van der Waals surface area contributed by atoms with Gasteiger partial charge in [0.1, 0.15) is 19.3 Å². The Hall–Kier alpha value is -2.55. The highest BCUT2D eigenvalue weighted by atomic mass is 31.2. The number of nitrogens with one attached hydrogen (secondary N) is 1. The highest BCUT2D eigenvalue weighted by molar-refractivity contribution is 7.45. The molecule has 0 saturated heterocycles. The van der Waals surface area contributed by atoms with Crippen LogP contribution in [0.25, 0.3) is 0 Å². The summed E-state index contributed by atoms with van der Waals surface area (Å²) in [6.45, 7) is 6.81. The van der Waals surface area contributed by atoms with E-state index in [9.17, 15) is 19.0 Å². The van der Waals surface area contributed by atoms with Gasteiger partial charge in [-0.2, -0.15) is 0 Å². The summed E-state index contributed by atoms with van der Waals surface area (Å²) in [4.78, 5) is 40.0. The summed E-state index contributed by atoms with van der Waals surface area (Å²) in [5, 5.41) is 3.03. The number of amides is 1. The maximum atomic E-state index is 13.5. The number of phosphoric ester groups is 1. The van der Waals surface area contributed by atoms with Gasteiger partial charge in [-0.05, 0) is 102 Å². The van der Waals surface area contributed by atoms with Crippen molar-refractivity contribution in [1.29, 1.82) is 0 Å². The Balaban J connectivity index is 5.19. The minimum Gasteiger partial charge on any atom is -0.756 e. The zero-order valence-electron chi connectivity index (χ0n) is 51.2. The second kappa shape index (κ2) is 56.7. The van der Waals surface area contributed by atoms with E-state index in [-0.39, 0.29) is 24.9 Å². The van der Waals surface area contributed by atoms with Crippen molar-refractivity contribution < 1.29 is 37.3 Å². The van der Waals surface area contributed by atoms with Crippen LogP contribution >= 0.6 is 7.82 Å². The quantitative estimate of drug-likeness (QED) is 0.0212. The van der Waals surface area contributed by atoms with Gasteiger partial charge in [-0.1, -0.05) is 248 Å². The van der Waals surface area contributed by atoms with Crippen LogP contribution in [-0.2, 0) is 27.9 Å². The van der Waals surface area contributed by atoms with Crippen molar-refractivity contribution in [3.63, 3.8) is 0 Å². The van der Waals surface area contributed by atoms with E-state index in [1.54, 1.807) is 0 Å². The van der Waals surface area contributed by atoms with E-state index in [2.05, 4.69) is 86.8 Å². The summed E-state index contributed by atoms with van der Waals surface area (Å²) >= 11 is 0. The van der Waals surface area contributed by atoms with Gasteiger partial charge in [0.15, 0.2) is 0 Å². The summed E-state index contributed by atoms with van der Waals surface area (Å²) in [7, 11) is 1.17. The van der Waals surface area contributed by atoms with Gasteiger partial charge in [-0.15, -0.1) is 0 Å². The average molecular weight is 1100 g/mol. The van der Waals surface area contributed by atoms with Crippen molar-refractivity contribution in [2.75, 3.05) is 40.9 Å². The van der Waals surface area contributed by atoms with Gasteiger partial charge in [0.05, 0.1) is 33.8 Å². The summed E-state index contributed by atoms with van der Waals surface area (Å²) in [6.07, 6.45) is 72.9. The molecule has 448 valence electrons. The number of allylic oxidation sites excluding steroid dienone is 11. The maximum absolute atomic E-state index is 13.5. The van der Waals surface area contributed by atoms with Gasteiger partial charge in [-0.3, -0.25) is 14.2 Å². The lowest BCUT2D eigenvalue weighted by Crippen LogP contribution is -2.47. The molecule has 0 bridgehead atoms. The van der Waals surface area contributed by atoms with Crippen LogP contribution in [0.3, 0.4) is 0 Å². The van der Waals surface area contributed by atoms with Gasteiger partial charge in [0, 0.05) is 12.8 Å². The molecule has 0 aliphatic carbocycles. The lowest BCUT2D eigenvalue weighted by molar-refractivity contribution is -0.870. The van der Waals surface area contributed by atoms with Gasteiger partial charge >= 0.3 is 5.97 Å². The fourth-order valence-electron chi connectivity index (χ4n) is 9.09. The molecule has 9 nitrogen and oxygen atoms in total. The zero-order chi connectivity index (χ0) is 56.4. The number of phosphoric acid groups is 1. The van der Waals surface area contributed by atoms with E-state index in [1.165, 1.54) is 154 Å². The molecular weight excluding hydrogens is 976 g/mol. The highest BCUT2D eigenvalue weighted by Crippen LogP contribution is 2.38. The summed E-state index contributed by atoms with van der Waals surface area (Å²) in [6, 6.07) is -0.898. The number of nitrogens with zero attached hydrogens (tertiary/aromatic N) is 1. The molecule has 0 radical (unpaired) electrons. The minimum absolute atomic E-state index is 0.0273. The van der Waals surface area contributed by atoms with Gasteiger partial charge < -0.3 is 28.5 Å². The van der Waals surface area contributed by atoms with E-state index in [4.69, 9.17) is 13.8 Å². The van der Waals surface area contributed by atoms with E-state index in [0.717, 1.165) is 103 Å². The van der Waals surface area contributed by atoms with E-state index in [0.29, 0.717) is 17.4 Å². The Morgan fingerprint density at radius 3 is 1.22 bits per heavy atom. The molecular formula is C67H123N2O7P. The van der Waals surface area contributed by atoms with Crippen LogP contribution < -0.4 is 10.2 Å². The summed E-state index contributed by atoms with van der Waals surface area (Å²) in [5.74, 6) is -0.555. The molecule has 1 amide bonds. The minimum atomic E-state index is -4.70. The second-order valence-electron chi connectivity index (χ2n) is 22.9. The molecule has 0 aromatic heterocycles. The molecule has 0 aliphatic rings. The van der Waals surface area contributed by atoms with E-state index in [1.807, 2.05) is 33.3 Å². The molecule has 0 heterocycles. The topological polar surface area (TPSA) is 114 Å². The van der Waals surface area contributed by atoms with Crippen LogP contribution in [0.15, 0.2) is 72.9 Å². The maximum Gasteiger partial charge on any atom is 0.306 e. The van der Waals surface area contributed by atoms with Crippen LogP contribution in [0, 0.1) is 0 Å². The fraction of sp³-hybridized carbons (Fsp3) is 0.791. The SMILES string of the molecule is CCCCC/C=C\C/C=C\C/C=C\C/C=C\CCCCCCCCCC(=O)NC(COP(=O)([O-])OCC[N+](C)(C)C)C(/C=C\CCCCCCCCCCC)OC(=O)CCCCCCCCC/C=C/CCCCCCCC. The van der Waals surface area contributed by atoms with Crippen molar-refractivity contribution in [3.8, 4) is 0 Å². The molecule has 0 spiro atoms. The first kappa shape index (κ1) is 74.5. The Morgan fingerprint density at radius 1 is 0.455 bits per heavy atom. The molecule has 0 aromatic rings. The number of unbranched alkanes of at least 4 members (excludes halogenated alkanes) is 32. The Bertz CT molecular complexity index is 1550. The molecule has 0 rings (SSSR count). The van der Waals surface area contributed by atoms with Crippen molar-refractivity contribution in [2.24, 2.45) is 0 Å². The first-order valence-corrected chi connectivity index (χ1v) is 33.7. The van der Waals surface area contributed by atoms with Crippen LogP contribution in [0.5, 0.6) is 0 Å². The number of rotatable bonds is 58. The molecule has 0 aliphatic heterocycles. The predicted octanol–water partition coefficient (Wildman–Crippen LogP) is 19.4. The molecule has 0 aromatic carbocycles. The number of likely N-dealkylation sites (N-methyl/N-ethyl adjacent to an activating group) is 1. The molecule has 0 fully saturated rings. The number of hydrogen-bond acceptors (Lipinski definition) is 7. The normalized spacial score (nSPS) is 14.1. The zero-order valence-corrected chi connectivity index (χ0v) is 52.0. The summed E-state index contributed by atoms with van der Waals surface area (Å²) in [5.41, 5.74) is 0. The lowest BCUT2D eigenvalue weighted by Gasteiger charge is -2.30. The number of carbonyl (C=O) groups is 2. The molecule has 0 saturated carbocycles. The van der Waals surface area contributed by atoms with Gasteiger partial charge in [0.25, 0.3) is 7.82 Å². The van der Waals surface area contributed by atoms with Crippen LogP contribution in [0.2, 0.25) is 0 Å². The van der Waals surface area contributed by atoms with E-state index >= 15 is 0 Å². The van der Waals surface area contributed by atoms with Gasteiger partial charge in [0.2, 0.25) is 5.91 Å². The number of hydrogen-bond donors (Lipinski definition) is 1. The van der Waals surface area contributed by atoms with Crippen molar-refractivity contribution in [3.05, 3.63) is 72.9 Å². The fourth-order valence-corrected chi connectivity index (χ4v) is 9.81.